The molecular formula is C14H20O2S. The molecule has 1 aromatic rings. The third kappa shape index (κ3) is 2.61. The maximum Gasteiger partial charge on any atom is 0.115 e. The molecular weight excluding hydrogens is 232 g/mol. The number of phenolic OH excluding ortho intramolecular Hbond substituents is 1. The van der Waals surface area contributed by atoms with E-state index in [0.29, 0.717) is 6.42 Å². The molecule has 0 bridgehead atoms. The van der Waals surface area contributed by atoms with E-state index in [2.05, 4.69) is 13.8 Å². The smallest absolute Gasteiger partial charge is 0.115 e. The van der Waals surface area contributed by atoms with Crippen molar-refractivity contribution in [2.24, 2.45) is 5.41 Å². The van der Waals surface area contributed by atoms with Crippen LogP contribution in [0.2, 0.25) is 0 Å². The molecule has 1 fully saturated rings. The third-order valence-electron chi connectivity index (χ3n) is 3.88. The van der Waals surface area contributed by atoms with Gasteiger partial charge in [0.2, 0.25) is 0 Å². The summed E-state index contributed by atoms with van der Waals surface area (Å²) in [7, 11) is 0. The lowest BCUT2D eigenvalue weighted by molar-refractivity contribution is -0.0513. The summed E-state index contributed by atoms with van der Waals surface area (Å²) in [4.78, 5) is 0. The van der Waals surface area contributed by atoms with Gasteiger partial charge in [-0.2, -0.15) is 11.8 Å². The lowest BCUT2D eigenvalue weighted by Crippen LogP contribution is -2.51. The molecule has 0 amide bonds. The van der Waals surface area contributed by atoms with E-state index < -0.39 is 5.60 Å². The van der Waals surface area contributed by atoms with Gasteiger partial charge in [0.05, 0.1) is 5.60 Å². The second-order valence-corrected chi connectivity index (χ2v) is 6.67. The van der Waals surface area contributed by atoms with Gasteiger partial charge in [0.25, 0.3) is 0 Å². The molecule has 2 nitrogen and oxygen atoms in total. The SMILES string of the molecule is CC1(C)CCSCC1(O)Cc1cccc(O)c1. The Balaban J connectivity index is 2.21. The fraction of sp³-hybridized carbons (Fsp3) is 0.571. The predicted molar refractivity (Wildman–Crippen MR) is 72.5 cm³/mol. The summed E-state index contributed by atoms with van der Waals surface area (Å²) in [5, 5.41) is 20.3. The van der Waals surface area contributed by atoms with Crippen molar-refractivity contribution < 1.29 is 10.2 Å². The summed E-state index contributed by atoms with van der Waals surface area (Å²) >= 11 is 1.82. The van der Waals surface area contributed by atoms with E-state index in [-0.39, 0.29) is 11.2 Å². The minimum atomic E-state index is -0.677. The number of hydrogen-bond donors (Lipinski definition) is 2. The largest absolute Gasteiger partial charge is 0.508 e. The zero-order valence-electron chi connectivity index (χ0n) is 10.4. The van der Waals surface area contributed by atoms with Gasteiger partial charge < -0.3 is 10.2 Å². The highest BCUT2D eigenvalue weighted by Crippen LogP contribution is 2.44. The van der Waals surface area contributed by atoms with E-state index in [1.165, 1.54) is 0 Å². The first-order valence-corrected chi connectivity index (χ1v) is 7.16. The monoisotopic (exact) mass is 252 g/mol. The Morgan fingerprint density at radius 1 is 1.35 bits per heavy atom. The Hall–Kier alpha value is -0.670. The first-order valence-electron chi connectivity index (χ1n) is 6.01. The minimum Gasteiger partial charge on any atom is -0.508 e. The summed E-state index contributed by atoms with van der Waals surface area (Å²) in [6, 6.07) is 7.20. The van der Waals surface area contributed by atoms with Crippen molar-refractivity contribution in [3.05, 3.63) is 29.8 Å². The molecule has 0 aliphatic carbocycles. The Labute approximate surface area is 107 Å². The van der Waals surface area contributed by atoms with Gasteiger partial charge in [0.1, 0.15) is 5.75 Å². The lowest BCUT2D eigenvalue weighted by Gasteiger charge is -2.46. The maximum absolute atomic E-state index is 10.8. The van der Waals surface area contributed by atoms with Crippen LogP contribution in [-0.4, -0.2) is 27.3 Å². The number of rotatable bonds is 2. The van der Waals surface area contributed by atoms with Gasteiger partial charge in [0, 0.05) is 12.2 Å². The van der Waals surface area contributed by atoms with Gasteiger partial charge in [-0.05, 0) is 35.3 Å². The second-order valence-electron chi connectivity index (χ2n) is 5.56. The first kappa shape index (κ1) is 12.8. The highest BCUT2D eigenvalue weighted by Gasteiger charge is 2.45. The van der Waals surface area contributed by atoms with Crippen molar-refractivity contribution in [2.45, 2.75) is 32.3 Å². The average molecular weight is 252 g/mol. The van der Waals surface area contributed by atoms with Gasteiger partial charge in [-0.1, -0.05) is 26.0 Å². The van der Waals surface area contributed by atoms with Crippen LogP contribution in [0.3, 0.4) is 0 Å². The molecule has 2 N–H and O–H groups in total. The van der Waals surface area contributed by atoms with Gasteiger partial charge in [-0.15, -0.1) is 0 Å². The predicted octanol–water partition coefficient (Wildman–Crippen LogP) is 2.83. The van der Waals surface area contributed by atoms with Crippen molar-refractivity contribution in [1.29, 1.82) is 0 Å². The van der Waals surface area contributed by atoms with Crippen LogP contribution in [0.25, 0.3) is 0 Å². The molecule has 1 heterocycles. The number of thioether (sulfide) groups is 1. The van der Waals surface area contributed by atoms with Crippen molar-refractivity contribution in [3.8, 4) is 5.75 Å². The third-order valence-corrected chi connectivity index (χ3v) is 5.05. The molecule has 17 heavy (non-hydrogen) atoms. The lowest BCUT2D eigenvalue weighted by atomic mass is 9.70. The number of aromatic hydroxyl groups is 1. The van der Waals surface area contributed by atoms with Crippen LogP contribution < -0.4 is 0 Å². The molecule has 0 aromatic heterocycles. The quantitative estimate of drug-likeness (QED) is 0.850. The van der Waals surface area contributed by atoms with Crippen LogP contribution in [-0.2, 0) is 6.42 Å². The van der Waals surface area contributed by atoms with Crippen LogP contribution in [0.15, 0.2) is 24.3 Å². The molecule has 0 saturated carbocycles. The molecule has 2 rings (SSSR count). The van der Waals surface area contributed by atoms with Gasteiger partial charge in [-0.25, -0.2) is 0 Å². The van der Waals surface area contributed by atoms with Crippen LogP contribution in [0.4, 0.5) is 0 Å². The summed E-state index contributed by atoms with van der Waals surface area (Å²) in [6.45, 7) is 4.27. The first-order chi connectivity index (χ1) is 7.93. The van der Waals surface area contributed by atoms with Gasteiger partial charge in [-0.3, -0.25) is 0 Å². The van der Waals surface area contributed by atoms with Crippen molar-refractivity contribution in [3.63, 3.8) is 0 Å². The van der Waals surface area contributed by atoms with Crippen LogP contribution in [0.1, 0.15) is 25.8 Å². The fourth-order valence-corrected chi connectivity index (χ4v) is 3.92. The summed E-state index contributed by atoms with van der Waals surface area (Å²) < 4.78 is 0. The highest BCUT2D eigenvalue weighted by atomic mass is 32.2. The molecule has 0 radical (unpaired) electrons. The van der Waals surface area contributed by atoms with E-state index in [9.17, 15) is 10.2 Å². The van der Waals surface area contributed by atoms with Gasteiger partial charge in [0.15, 0.2) is 0 Å². The average Bonchev–Trinajstić information content (AvgIpc) is 2.23. The maximum atomic E-state index is 10.8. The fourth-order valence-electron chi connectivity index (χ4n) is 2.29. The molecule has 3 heteroatoms. The van der Waals surface area contributed by atoms with Crippen molar-refractivity contribution in [2.75, 3.05) is 11.5 Å². The van der Waals surface area contributed by atoms with E-state index >= 15 is 0 Å². The standard InChI is InChI=1S/C14H20O2S/c1-13(2)6-7-17-10-14(13,16)9-11-4-3-5-12(15)8-11/h3-5,8,15-16H,6-7,9-10H2,1-2H3. The van der Waals surface area contributed by atoms with E-state index in [4.69, 9.17) is 0 Å². The topological polar surface area (TPSA) is 40.5 Å². The van der Waals surface area contributed by atoms with Crippen LogP contribution >= 0.6 is 11.8 Å². The van der Waals surface area contributed by atoms with Crippen LogP contribution in [0.5, 0.6) is 5.75 Å². The Morgan fingerprint density at radius 3 is 2.76 bits per heavy atom. The Bertz CT molecular complexity index is 403. The Morgan fingerprint density at radius 2 is 2.12 bits per heavy atom. The number of benzene rings is 1. The van der Waals surface area contributed by atoms with Crippen molar-refractivity contribution in [1.82, 2.24) is 0 Å². The van der Waals surface area contributed by atoms with Crippen molar-refractivity contribution >= 4 is 11.8 Å². The van der Waals surface area contributed by atoms with Gasteiger partial charge >= 0.3 is 0 Å². The molecule has 1 saturated heterocycles. The zero-order chi connectivity index (χ0) is 12.5. The normalized spacial score (nSPS) is 27.9. The minimum absolute atomic E-state index is 0.0658. The summed E-state index contributed by atoms with van der Waals surface area (Å²) in [5.41, 5.74) is 0.260. The molecule has 1 aromatic carbocycles. The van der Waals surface area contributed by atoms with E-state index in [1.54, 1.807) is 12.1 Å². The van der Waals surface area contributed by atoms with E-state index in [0.717, 1.165) is 23.5 Å². The zero-order valence-corrected chi connectivity index (χ0v) is 11.3. The molecule has 0 spiro atoms. The van der Waals surface area contributed by atoms with Crippen LogP contribution in [0, 0.1) is 5.41 Å². The second kappa shape index (κ2) is 4.54. The number of aliphatic hydroxyl groups is 1. The molecule has 94 valence electrons. The number of hydrogen-bond acceptors (Lipinski definition) is 3. The summed E-state index contributed by atoms with van der Waals surface area (Å²) in [5.74, 6) is 2.16. The Kier molecular flexibility index (Phi) is 3.41. The molecule has 1 atom stereocenters. The number of phenols is 1. The highest BCUT2D eigenvalue weighted by molar-refractivity contribution is 7.99. The summed E-state index contributed by atoms with van der Waals surface area (Å²) in [6.07, 6.45) is 1.65. The van der Waals surface area contributed by atoms with E-state index in [1.807, 2.05) is 23.9 Å². The molecule has 1 aliphatic rings. The molecule has 1 aliphatic heterocycles. The molecule has 1 unspecified atom stereocenters.